The zero-order valence-electron chi connectivity index (χ0n) is 21.4. The molecule has 2 nitrogen and oxygen atoms in total. The van der Waals surface area contributed by atoms with E-state index < -0.39 is 6.29 Å². The Balaban J connectivity index is 1.42. The lowest BCUT2D eigenvalue weighted by Gasteiger charge is -2.55. The van der Waals surface area contributed by atoms with Gasteiger partial charge in [0.25, 0.3) is 0 Å². The van der Waals surface area contributed by atoms with Gasteiger partial charge in [0.15, 0.2) is 6.29 Å². The first-order valence-electron chi connectivity index (χ1n) is 14.9. The van der Waals surface area contributed by atoms with Crippen LogP contribution >= 0.6 is 0 Å². The molecular weight excluding hydrogens is 392 g/mol. The second kappa shape index (κ2) is 11.6. The SMILES string of the molecule is CCC1CCC(C2([C@H]3CC[C@@H](CC)CC3)CCCC(CC3CCC(C(O)O)CC3)C2)CC1. The Morgan fingerprint density at radius 3 is 1.59 bits per heavy atom. The van der Waals surface area contributed by atoms with Crippen LogP contribution in [0.15, 0.2) is 0 Å². The van der Waals surface area contributed by atoms with Gasteiger partial charge in [-0.15, -0.1) is 0 Å². The lowest BCUT2D eigenvalue weighted by atomic mass is 9.50. The van der Waals surface area contributed by atoms with Crippen LogP contribution in [0.25, 0.3) is 0 Å². The molecule has 0 heterocycles. The second-order valence-corrected chi connectivity index (χ2v) is 12.9. The Kier molecular flexibility index (Phi) is 9.05. The second-order valence-electron chi connectivity index (χ2n) is 12.9. The summed E-state index contributed by atoms with van der Waals surface area (Å²) in [5.74, 6) is 5.97. The lowest BCUT2D eigenvalue weighted by Crippen LogP contribution is -2.45. The van der Waals surface area contributed by atoms with E-state index in [1.807, 2.05) is 0 Å². The van der Waals surface area contributed by atoms with E-state index >= 15 is 0 Å². The molecular formula is C30H54O2. The van der Waals surface area contributed by atoms with Crippen LogP contribution in [-0.2, 0) is 0 Å². The molecule has 32 heavy (non-hydrogen) atoms. The van der Waals surface area contributed by atoms with Crippen molar-refractivity contribution in [3.63, 3.8) is 0 Å². The minimum Gasteiger partial charge on any atom is -0.368 e. The lowest BCUT2D eigenvalue weighted by molar-refractivity contribution is -0.0972. The van der Waals surface area contributed by atoms with E-state index in [0.29, 0.717) is 5.41 Å². The molecule has 4 aliphatic carbocycles. The number of hydrogen-bond donors (Lipinski definition) is 2. The Morgan fingerprint density at radius 1 is 0.625 bits per heavy atom. The number of aliphatic hydroxyl groups excluding tert-OH is 1. The summed E-state index contributed by atoms with van der Waals surface area (Å²) in [5, 5.41) is 19.1. The Labute approximate surface area is 199 Å². The summed E-state index contributed by atoms with van der Waals surface area (Å²) in [6, 6.07) is 0. The highest BCUT2D eigenvalue weighted by molar-refractivity contribution is 4.99. The first kappa shape index (κ1) is 25.0. The van der Waals surface area contributed by atoms with E-state index in [0.717, 1.165) is 48.3 Å². The molecule has 4 fully saturated rings. The van der Waals surface area contributed by atoms with E-state index in [-0.39, 0.29) is 5.92 Å². The summed E-state index contributed by atoms with van der Waals surface area (Å²) < 4.78 is 0. The molecule has 0 aromatic rings. The number of hydrogen-bond acceptors (Lipinski definition) is 2. The summed E-state index contributed by atoms with van der Waals surface area (Å²) in [6.45, 7) is 4.82. The first-order chi connectivity index (χ1) is 15.5. The fourth-order valence-corrected chi connectivity index (χ4v) is 9.22. The maximum absolute atomic E-state index is 9.57. The summed E-state index contributed by atoms with van der Waals surface area (Å²) in [6.07, 6.45) is 25.8. The molecule has 0 amide bonds. The highest BCUT2D eigenvalue weighted by Gasteiger charge is 2.49. The highest BCUT2D eigenvalue weighted by Crippen LogP contribution is 2.59. The quantitative estimate of drug-likeness (QED) is 0.388. The molecule has 1 atom stereocenters. The highest BCUT2D eigenvalue weighted by atomic mass is 16.5. The van der Waals surface area contributed by atoms with Gasteiger partial charge >= 0.3 is 0 Å². The average Bonchev–Trinajstić information content (AvgIpc) is 2.84. The average molecular weight is 447 g/mol. The zero-order chi connectivity index (χ0) is 22.6. The molecule has 4 rings (SSSR count). The van der Waals surface area contributed by atoms with Crippen molar-refractivity contribution in [1.29, 1.82) is 0 Å². The third kappa shape index (κ3) is 5.76. The van der Waals surface area contributed by atoms with Gasteiger partial charge in [-0.05, 0) is 112 Å². The van der Waals surface area contributed by atoms with Gasteiger partial charge in [0, 0.05) is 5.92 Å². The van der Waals surface area contributed by atoms with Gasteiger partial charge in [0.05, 0.1) is 0 Å². The van der Waals surface area contributed by atoms with Crippen LogP contribution < -0.4 is 0 Å². The molecule has 0 aromatic carbocycles. The summed E-state index contributed by atoms with van der Waals surface area (Å²) in [5.41, 5.74) is 0.666. The fourth-order valence-electron chi connectivity index (χ4n) is 9.22. The summed E-state index contributed by atoms with van der Waals surface area (Å²) >= 11 is 0. The van der Waals surface area contributed by atoms with Crippen LogP contribution in [0.1, 0.15) is 136 Å². The molecule has 4 aliphatic rings. The maximum Gasteiger partial charge on any atom is 0.154 e. The van der Waals surface area contributed by atoms with Crippen molar-refractivity contribution in [2.24, 2.45) is 46.8 Å². The Hall–Kier alpha value is -0.0800. The predicted molar refractivity (Wildman–Crippen MR) is 134 cm³/mol. The molecule has 0 bridgehead atoms. The van der Waals surface area contributed by atoms with E-state index in [1.165, 1.54) is 103 Å². The van der Waals surface area contributed by atoms with Crippen LogP contribution in [0.5, 0.6) is 0 Å². The van der Waals surface area contributed by atoms with Crippen LogP contribution in [0, 0.1) is 46.8 Å². The number of rotatable bonds is 7. The molecule has 1 unspecified atom stereocenters. The molecule has 0 aromatic heterocycles. The van der Waals surface area contributed by atoms with Crippen molar-refractivity contribution in [2.45, 2.75) is 142 Å². The van der Waals surface area contributed by atoms with Crippen molar-refractivity contribution in [3.05, 3.63) is 0 Å². The third-order valence-corrected chi connectivity index (χ3v) is 11.4. The van der Waals surface area contributed by atoms with Gasteiger partial charge in [0.1, 0.15) is 0 Å². The van der Waals surface area contributed by atoms with E-state index in [4.69, 9.17) is 0 Å². The standard InChI is InChI=1S/C30H54O2/c1-3-22-9-15-27(16-10-22)30(28-17-11-23(4-2)12-18-28)19-5-6-25(21-30)20-24-7-13-26(14-8-24)29(31)32/h22-29,31-32H,3-21H2,1-2H3/t22-,23?,24?,25?,26?,27+,28?,30?. The Morgan fingerprint density at radius 2 is 1.12 bits per heavy atom. The molecule has 2 N–H and O–H groups in total. The molecule has 0 saturated heterocycles. The van der Waals surface area contributed by atoms with Gasteiger partial charge in [0.2, 0.25) is 0 Å². The molecule has 0 radical (unpaired) electrons. The minimum absolute atomic E-state index is 0.138. The first-order valence-corrected chi connectivity index (χ1v) is 14.9. The largest absolute Gasteiger partial charge is 0.368 e. The fraction of sp³-hybridized carbons (Fsp3) is 1.00. The van der Waals surface area contributed by atoms with E-state index in [1.54, 1.807) is 6.42 Å². The van der Waals surface area contributed by atoms with Crippen LogP contribution in [-0.4, -0.2) is 16.5 Å². The molecule has 4 saturated carbocycles. The minimum atomic E-state index is -1.09. The zero-order valence-corrected chi connectivity index (χ0v) is 21.4. The normalized spacial score (nSPS) is 44.0. The van der Waals surface area contributed by atoms with Gasteiger partial charge in [-0.25, -0.2) is 0 Å². The molecule has 2 heteroatoms. The van der Waals surface area contributed by atoms with Crippen LogP contribution in [0.2, 0.25) is 0 Å². The molecule has 186 valence electrons. The Bertz CT molecular complexity index is 509. The monoisotopic (exact) mass is 446 g/mol. The van der Waals surface area contributed by atoms with Crippen molar-refractivity contribution in [1.82, 2.24) is 0 Å². The molecule has 0 spiro atoms. The van der Waals surface area contributed by atoms with Gasteiger partial charge < -0.3 is 10.2 Å². The van der Waals surface area contributed by atoms with Crippen LogP contribution in [0.4, 0.5) is 0 Å². The van der Waals surface area contributed by atoms with Crippen molar-refractivity contribution < 1.29 is 10.2 Å². The van der Waals surface area contributed by atoms with Gasteiger partial charge in [-0.3, -0.25) is 0 Å². The smallest absolute Gasteiger partial charge is 0.154 e. The topological polar surface area (TPSA) is 40.5 Å². The summed E-state index contributed by atoms with van der Waals surface area (Å²) in [7, 11) is 0. The number of aliphatic hydroxyl groups is 2. The summed E-state index contributed by atoms with van der Waals surface area (Å²) in [4.78, 5) is 0. The molecule has 0 aliphatic heterocycles. The predicted octanol–water partition coefficient (Wildman–Crippen LogP) is 8.10. The van der Waals surface area contributed by atoms with Crippen molar-refractivity contribution in [3.8, 4) is 0 Å². The van der Waals surface area contributed by atoms with E-state index in [9.17, 15) is 10.2 Å². The van der Waals surface area contributed by atoms with Gasteiger partial charge in [-0.1, -0.05) is 65.2 Å². The van der Waals surface area contributed by atoms with Crippen LogP contribution in [0.3, 0.4) is 0 Å². The van der Waals surface area contributed by atoms with Crippen molar-refractivity contribution >= 4 is 0 Å². The maximum atomic E-state index is 9.57. The van der Waals surface area contributed by atoms with Crippen molar-refractivity contribution in [2.75, 3.05) is 0 Å². The third-order valence-electron chi connectivity index (χ3n) is 11.4. The van der Waals surface area contributed by atoms with E-state index in [2.05, 4.69) is 13.8 Å². The van der Waals surface area contributed by atoms with Gasteiger partial charge in [-0.2, -0.15) is 0 Å².